The van der Waals surface area contributed by atoms with Crippen molar-refractivity contribution in [3.05, 3.63) is 0 Å². The second-order valence-electron chi connectivity index (χ2n) is 3.34. The molecule has 0 N–H and O–H groups in total. The molecule has 0 aromatic rings. The van der Waals surface area contributed by atoms with Gasteiger partial charge in [-0.2, -0.15) is 0 Å². The fourth-order valence-electron chi connectivity index (χ4n) is 1.93. The Labute approximate surface area is 50.7 Å². The van der Waals surface area contributed by atoms with Crippen LogP contribution in [0.4, 0.5) is 0 Å². The van der Waals surface area contributed by atoms with Crippen LogP contribution < -0.4 is 0 Å². The monoisotopic (exact) mass is 111 g/mol. The summed E-state index contributed by atoms with van der Waals surface area (Å²) in [4.78, 5) is 2.47. The summed E-state index contributed by atoms with van der Waals surface area (Å²) in [5.74, 6) is 2.18. The van der Waals surface area contributed by atoms with E-state index in [1.165, 1.54) is 13.0 Å². The molecule has 8 heavy (non-hydrogen) atoms. The van der Waals surface area contributed by atoms with Crippen molar-refractivity contribution < 1.29 is 0 Å². The van der Waals surface area contributed by atoms with Crippen LogP contribution in [0.1, 0.15) is 13.3 Å². The summed E-state index contributed by atoms with van der Waals surface area (Å²) in [7, 11) is 2.23. The van der Waals surface area contributed by atoms with Crippen LogP contribution >= 0.6 is 0 Å². The highest BCUT2D eigenvalue weighted by molar-refractivity contribution is 5.00. The molecule has 3 atom stereocenters. The lowest BCUT2D eigenvalue weighted by molar-refractivity contribution is 0.287. The van der Waals surface area contributed by atoms with E-state index in [9.17, 15) is 0 Å². The average Bonchev–Trinajstić information content (AvgIpc) is 2.39. The number of hydrogen-bond acceptors (Lipinski definition) is 1. The summed E-state index contributed by atoms with van der Waals surface area (Å²) >= 11 is 0. The molecule has 2 fully saturated rings. The third-order valence-electron chi connectivity index (χ3n) is 2.81. The first kappa shape index (κ1) is 4.80. The van der Waals surface area contributed by atoms with E-state index in [2.05, 4.69) is 18.9 Å². The van der Waals surface area contributed by atoms with E-state index in [1.54, 1.807) is 0 Å². The van der Waals surface area contributed by atoms with Crippen LogP contribution in [0.15, 0.2) is 0 Å². The Morgan fingerprint density at radius 1 is 1.50 bits per heavy atom. The van der Waals surface area contributed by atoms with Crippen molar-refractivity contribution in [3.8, 4) is 0 Å². The van der Waals surface area contributed by atoms with Crippen molar-refractivity contribution in [2.75, 3.05) is 13.6 Å². The number of likely N-dealkylation sites (tertiary alicyclic amines) is 1. The van der Waals surface area contributed by atoms with Gasteiger partial charge in [0.25, 0.3) is 0 Å². The molecule has 0 bridgehead atoms. The van der Waals surface area contributed by atoms with Gasteiger partial charge in [-0.3, -0.25) is 0 Å². The first-order chi connectivity index (χ1) is 3.79. The summed E-state index contributed by atoms with van der Waals surface area (Å²) in [5, 5.41) is 0. The maximum absolute atomic E-state index is 2.47. The van der Waals surface area contributed by atoms with Crippen molar-refractivity contribution in [3.63, 3.8) is 0 Å². The fourth-order valence-corrected chi connectivity index (χ4v) is 1.93. The molecule has 0 amide bonds. The van der Waals surface area contributed by atoms with Gasteiger partial charge in [-0.15, -0.1) is 0 Å². The van der Waals surface area contributed by atoms with E-state index in [0.717, 1.165) is 17.9 Å². The molecule has 1 aliphatic heterocycles. The molecule has 0 aromatic carbocycles. The molecule has 46 valence electrons. The minimum Gasteiger partial charge on any atom is -0.303 e. The summed E-state index contributed by atoms with van der Waals surface area (Å²) in [6.45, 7) is 3.71. The third-order valence-corrected chi connectivity index (χ3v) is 2.81. The van der Waals surface area contributed by atoms with E-state index < -0.39 is 0 Å². The topological polar surface area (TPSA) is 3.24 Å². The molecule has 0 radical (unpaired) electrons. The SMILES string of the molecule is CC1[C@@H]2C[C@@H]2CN1C. The molecule has 1 heterocycles. The van der Waals surface area contributed by atoms with E-state index in [-0.39, 0.29) is 0 Å². The molecule has 1 saturated heterocycles. The zero-order valence-corrected chi connectivity index (χ0v) is 5.59. The van der Waals surface area contributed by atoms with Gasteiger partial charge in [-0.05, 0) is 32.2 Å². The van der Waals surface area contributed by atoms with Crippen LogP contribution in [0.25, 0.3) is 0 Å². The largest absolute Gasteiger partial charge is 0.303 e. The van der Waals surface area contributed by atoms with Crippen LogP contribution in [-0.2, 0) is 0 Å². The third kappa shape index (κ3) is 0.455. The van der Waals surface area contributed by atoms with Gasteiger partial charge in [0.1, 0.15) is 0 Å². The zero-order chi connectivity index (χ0) is 5.72. The van der Waals surface area contributed by atoms with Gasteiger partial charge < -0.3 is 4.90 Å². The first-order valence-corrected chi connectivity index (χ1v) is 3.49. The normalized spacial score (nSPS) is 54.0. The van der Waals surface area contributed by atoms with E-state index in [0.29, 0.717) is 0 Å². The molecule has 2 rings (SSSR count). The van der Waals surface area contributed by atoms with Gasteiger partial charge in [0.15, 0.2) is 0 Å². The van der Waals surface area contributed by atoms with Crippen LogP contribution in [0.3, 0.4) is 0 Å². The predicted molar refractivity (Wildman–Crippen MR) is 33.7 cm³/mol. The Balaban J connectivity index is 2.08. The highest BCUT2D eigenvalue weighted by Gasteiger charge is 2.48. The lowest BCUT2D eigenvalue weighted by Gasteiger charge is -2.16. The standard InChI is InChI=1S/C7H13N/c1-5-7-3-6(7)4-8(5)2/h5-7H,3-4H2,1-2H3/t5?,6-,7+/m1/s1. The van der Waals surface area contributed by atoms with Crippen LogP contribution in [0, 0.1) is 11.8 Å². The highest BCUT2D eigenvalue weighted by Crippen LogP contribution is 2.48. The minimum absolute atomic E-state index is 0.889. The average molecular weight is 111 g/mol. The van der Waals surface area contributed by atoms with Gasteiger partial charge in [0, 0.05) is 12.6 Å². The molecule has 1 saturated carbocycles. The Bertz CT molecular complexity index is 109. The minimum atomic E-state index is 0.889. The predicted octanol–water partition coefficient (Wildman–Crippen LogP) is 0.956. The Morgan fingerprint density at radius 3 is 2.50 bits per heavy atom. The molecular formula is C7H13N. The maximum atomic E-state index is 2.47. The van der Waals surface area contributed by atoms with Crippen LogP contribution in [0.2, 0.25) is 0 Å². The smallest absolute Gasteiger partial charge is 0.00955 e. The molecule has 0 aromatic heterocycles. The second kappa shape index (κ2) is 1.27. The molecule has 1 nitrogen and oxygen atoms in total. The number of piperidine rings is 1. The Hall–Kier alpha value is -0.0400. The molecular weight excluding hydrogens is 98.1 g/mol. The van der Waals surface area contributed by atoms with Crippen molar-refractivity contribution in [2.24, 2.45) is 11.8 Å². The number of hydrogen-bond donors (Lipinski definition) is 0. The first-order valence-electron chi connectivity index (χ1n) is 3.49. The number of rotatable bonds is 0. The van der Waals surface area contributed by atoms with Crippen LogP contribution in [-0.4, -0.2) is 24.5 Å². The lowest BCUT2D eigenvalue weighted by atomic mass is 10.2. The maximum Gasteiger partial charge on any atom is 0.00955 e. The van der Waals surface area contributed by atoms with Crippen LogP contribution in [0.5, 0.6) is 0 Å². The number of nitrogens with zero attached hydrogens (tertiary/aromatic N) is 1. The quantitative estimate of drug-likeness (QED) is 0.450. The van der Waals surface area contributed by atoms with Gasteiger partial charge in [-0.25, -0.2) is 0 Å². The van der Waals surface area contributed by atoms with Crippen molar-refractivity contribution in [2.45, 2.75) is 19.4 Å². The van der Waals surface area contributed by atoms with E-state index in [4.69, 9.17) is 0 Å². The summed E-state index contributed by atoms with van der Waals surface area (Å²) in [5.41, 5.74) is 0. The zero-order valence-electron chi connectivity index (χ0n) is 5.59. The van der Waals surface area contributed by atoms with Crippen molar-refractivity contribution >= 4 is 0 Å². The Kier molecular flexibility index (Phi) is 0.762. The molecule has 1 heteroatoms. The summed E-state index contributed by atoms with van der Waals surface area (Å²) in [6.07, 6.45) is 1.52. The lowest BCUT2D eigenvalue weighted by Crippen LogP contribution is -2.25. The number of fused-ring (bicyclic) bond motifs is 1. The summed E-state index contributed by atoms with van der Waals surface area (Å²) < 4.78 is 0. The fraction of sp³-hybridized carbons (Fsp3) is 1.00. The van der Waals surface area contributed by atoms with Gasteiger partial charge in [0.05, 0.1) is 0 Å². The molecule has 2 aliphatic rings. The molecule has 0 spiro atoms. The second-order valence-corrected chi connectivity index (χ2v) is 3.34. The highest BCUT2D eigenvalue weighted by atomic mass is 15.2. The summed E-state index contributed by atoms with van der Waals surface area (Å²) in [6, 6.07) is 0.889. The van der Waals surface area contributed by atoms with E-state index in [1.807, 2.05) is 0 Å². The van der Waals surface area contributed by atoms with Gasteiger partial charge in [0.2, 0.25) is 0 Å². The van der Waals surface area contributed by atoms with E-state index >= 15 is 0 Å². The molecule has 1 aliphatic carbocycles. The molecule has 1 unspecified atom stereocenters. The van der Waals surface area contributed by atoms with Gasteiger partial charge >= 0.3 is 0 Å². The van der Waals surface area contributed by atoms with Crippen molar-refractivity contribution in [1.29, 1.82) is 0 Å². The Morgan fingerprint density at radius 2 is 2.25 bits per heavy atom. The van der Waals surface area contributed by atoms with Crippen molar-refractivity contribution in [1.82, 2.24) is 4.90 Å². The van der Waals surface area contributed by atoms with Gasteiger partial charge in [-0.1, -0.05) is 0 Å².